The molecule has 0 atom stereocenters. The summed E-state index contributed by atoms with van der Waals surface area (Å²) in [5.74, 6) is 1.63. The van der Waals surface area contributed by atoms with Crippen molar-refractivity contribution >= 4 is 11.8 Å². The van der Waals surface area contributed by atoms with Crippen LogP contribution in [0.1, 0.15) is 103 Å². The molecule has 0 spiro atoms. The van der Waals surface area contributed by atoms with Crippen molar-refractivity contribution in [3.05, 3.63) is 0 Å². The van der Waals surface area contributed by atoms with Crippen LogP contribution in [0.2, 0.25) is 0 Å². The van der Waals surface area contributed by atoms with Crippen molar-refractivity contribution in [3.63, 3.8) is 0 Å². The standard InChI is InChI=1S/C23H42N2O3/c26-21(17-24-22(27)15-7-13-19-9-3-1-4-10-19)18-25-23(28)16-8-14-20-11-5-2-6-12-20/h19-21,26H,1-18H2,(H,24,27)(H,25,28). The van der Waals surface area contributed by atoms with E-state index >= 15 is 0 Å². The van der Waals surface area contributed by atoms with Gasteiger partial charge in [0.05, 0.1) is 6.10 Å². The number of hydrogen-bond donors (Lipinski definition) is 3. The van der Waals surface area contributed by atoms with Gasteiger partial charge in [-0.2, -0.15) is 0 Å². The van der Waals surface area contributed by atoms with Gasteiger partial charge in [-0.3, -0.25) is 9.59 Å². The zero-order valence-electron chi connectivity index (χ0n) is 17.7. The zero-order valence-corrected chi connectivity index (χ0v) is 17.7. The minimum absolute atomic E-state index is 0.00803. The summed E-state index contributed by atoms with van der Waals surface area (Å²) in [6.07, 6.45) is 17.9. The smallest absolute Gasteiger partial charge is 0.220 e. The summed E-state index contributed by atoms with van der Waals surface area (Å²) in [5, 5.41) is 15.6. The molecular weight excluding hydrogens is 352 g/mol. The van der Waals surface area contributed by atoms with Crippen LogP contribution in [0.5, 0.6) is 0 Å². The van der Waals surface area contributed by atoms with Crippen molar-refractivity contribution in [2.45, 2.75) is 109 Å². The van der Waals surface area contributed by atoms with Gasteiger partial charge in [-0.15, -0.1) is 0 Å². The average molecular weight is 395 g/mol. The molecule has 0 radical (unpaired) electrons. The molecule has 0 bridgehead atoms. The van der Waals surface area contributed by atoms with E-state index in [0.29, 0.717) is 12.8 Å². The maximum absolute atomic E-state index is 11.9. The Morgan fingerprint density at radius 3 is 1.50 bits per heavy atom. The molecule has 5 nitrogen and oxygen atoms in total. The van der Waals surface area contributed by atoms with E-state index in [1.807, 2.05) is 0 Å². The Hall–Kier alpha value is -1.10. The summed E-state index contributed by atoms with van der Waals surface area (Å²) in [5.41, 5.74) is 0. The molecule has 0 aromatic rings. The molecule has 5 heteroatoms. The topological polar surface area (TPSA) is 78.4 Å². The van der Waals surface area contributed by atoms with E-state index in [1.165, 1.54) is 64.2 Å². The molecule has 162 valence electrons. The number of carbonyl (C=O) groups is 2. The van der Waals surface area contributed by atoms with Crippen LogP contribution in [-0.2, 0) is 9.59 Å². The fourth-order valence-corrected chi connectivity index (χ4v) is 4.77. The van der Waals surface area contributed by atoms with Gasteiger partial charge in [-0.1, -0.05) is 64.2 Å². The number of carbonyl (C=O) groups excluding carboxylic acids is 2. The molecule has 0 aliphatic heterocycles. The van der Waals surface area contributed by atoms with Gasteiger partial charge in [0.2, 0.25) is 11.8 Å². The molecule has 2 saturated carbocycles. The predicted octanol–water partition coefficient (Wildman–Crippen LogP) is 4.08. The second-order valence-corrected chi connectivity index (χ2v) is 9.05. The Kier molecular flexibility index (Phi) is 11.6. The Bertz CT molecular complexity index is 403. The molecule has 28 heavy (non-hydrogen) atoms. The summed E-state index contributed by atoms with van der Waals surface area (Å²) in [6, 6.07) is 0. The van der Waals surface area contributed by atoms with Crippen molar-refractivity contribution in [2.24, 2.45) is 11.8 Å². The summed E-state index contributed by atoms with van der Waals surface area (Å²) < 4.78 is 0. The molecule has 3 N–H and O–H groups in total. The highest BCUT2D eigenvalue weighted by atomic mass is 16.3. The van der Waals surface area contributed by atoms with E-state index < -0.39 is 6.10 Å². The van der Waals surface area contributed by atoms with Crippen LogP contribution in [0.25, 0.3) is 0 Å². The van der Waals surface area contributed by atoms with Gasteiger partial charge in [-0.05, 0) is 37.5 Å². The molecule has 2 fully saturated rings. The van der Waals surface area contributed by atoms with E-state index in [4.69, 9.17) is 0 Å². The lowest BCUT2D eigenvalue weighted by molar-refractivity contribution is -0.121. The highest BCUT2D eigenvalue weighted by Gasteiger charge is 2.15. The molecule has 2 aliphatic carbocycles. The van der Waals surface area contributed by atoms with Crippen LogP contribution in [0, 0.1) is 11.8 Å². The maximum atomic E-state index is 11.9. The van der Waals surface area contributed by atoms with E-state index in [1.54, 1.807) is 0 Å². The van der Waals surface area contributed by atoms with Crippen molar-refractivity contribution in [2.75, 3.05) is 13.1 Å². The van der Waals surface area contributed by atoms with Crippen molar-refractivity contribution < 1.29 is 14.7 Å². The van der Waals surface area contributed by atoms with Crippen LogP contribution >= 0.6 is 0 Å². The number of aliphatic hydroxyl groups is 1. The number of amides is 2. The predicted molar refractivity (Wildman–Crippen MR) is 113 cm³/mol. The van der Waals surface area contributed by atoms with Crippen LogP contribution in [0.15, 0.2) is 0 Å². The van der Waals surface area contributed by atoms with Crippen LogP contribution in [-0.4, -0.2) is 36.1 Å². The van der Waals surface area contributed by atoms with Crippen LogP contribution in [0.4, 0.5) is 0 Å². The van der Waals surface area contributed by atoms with Crippen molar-refractivity contribution in [1.82, 2.24) is 10.6 Å². The summed E-state index contributed by atoms with van der Waals surface area (Å²) in [6.45, 7) is 0.426. The fourth-order valence-electron chi connectivity index (χ4n) is 4.77. The monoisotopic (exact) mass is 394 g/mol. The first kappa shape index (κ1) is 23.2. The minimum atomic E-state index is -0.718. The molecule has 0 unspecified atom stereocenters. The molecule has 0 saturated heterocycles. The lowest BCUT2D eigenvalue weighted by Crippen LogP contribution is -2.39. The Morgan fingerprint density at radius 2 is 1.11 bits per heavy atom. The lowest BCUT2D eigenvalue weighted by Gasteiger charge is -2.21. The molecule has 2 rings (SSSR count). The highest BCUT2D eigenvalue weighted by molar-refractivity contribution is 5.76. The van der Waals surface area contributed by atoms with Gasteiger partial charge >= 0.3 is 0 Å². The number of rotatable bonds is 12. The van der Waals surface area contributed by atoms with Crippen molar-refractivity contribution in [1.29, 1.82) is 0 Å². The van der Waals surface area contributed by atoms with Gasteiger partial charge < -0.3 is 15.7 Å². The lowest BCUT2D eigenvalue weighted by atomic mass is 9.86. The molecular formula is C23H42N2O3. The highest BCUT2D eigenvalue weighted by Crippen LogP contribution is 2.28. The first-order valence-corrected chi connectivity index (χ1v) is 11.8. The summed E-state index contributed by atoms with van der Waals surface area (Å²) >= 11 is 0. The number of nitrogens with one attached hydrogen (secondary N) is 2. The number of aliphatic hydroxyl groups excluding tert-OH is 1. The average Bonchev–Trinajstić information content (AvgIpc) is 2.72. The molecule has 0 heterocycles. The third-order valence-electron chi connectivity index (χ3n) is 6.55. The second-order valence-electron chi connectivity index (χ2n) is 9.05. The van der Waals surface area contributed by atoms with Crippen LogP contribution in [0.3, 0.4) is 0 Å². The van der Waals surface area contributed by atoms with Crippen LogP contribution < -0.4 is 10.6 Å². The summed E-state index contributed by atoms with van der Waals surface area (Å²) in [7, 11) is 0. The molecule has 0 aromatic heterocycles. The van der Waals surface area contributed by atoms with Gasteiger partial charge in [0.1, 0.15) is 0 Å². The van der Waals surface area contributed by atoms with Gasteiger partial charge in [0, 0.05) is 25.9 Å². The third-order valence-corrected chi connectivity index (χ3v) is 6.55. The van der Waals surface area contributed by atoms with E-state index in [2.05, 4.69) is 10.6 Å². The van der Waals surface area contributed by atoms with Gasteiger partial charge in [0.15, 0.2) is 0 Å². The first-order chi connectivity index (χ1) is 13.6. The SMILES string of the molecule is O=C(CCCC1CCCCC1)NCC(O)CNC(=O)CCCC1CCCCC1. The molecule has 2 aliphatic rings. The maximum Gasteiger partial charge on any atom is 0.220 e. The Morgan fingerprint density at radius 1 is 0.714 bits per heavy atom. The fraction of sp³-hybridized carbons (Fsp3) is 0.913. The molecule has 0 aromatic carbocycles. The number of hydrogen-bond acceptors (Lipinski definition) is 3. The molecule has 2 amide bonds. The second kappa shape index (κ2) is 14.0. The zero-order chi connectivity index (χ0) is 20.0. The van der Waals surface area contributed by atoms with Gasteiger partial charge in [0.25, 0.3) is 0 Å². The quantitative estimate of drug-likeness (QED) is 0.467. The Balaban J connectivity index is 1.43. The van der Waals surface area contributed by atoms with E-state index in [-0.39, 0.29) is 24.9 Å². The summed E-state index contributed by atoms with van der Waals surface area (Å²) in [4.78, 5) is 23.8. The Labute approximate surface area is 171 Å². The first-order valence-electron chi connectivity index (χ1n) is 11.8. The minimum Gasteiger partial charge on any atom is -0.389 e. The third kappa shape index (κ3) is 10.4. The van der Waals surface area contributed by atoms with Gasteiger partial charge in [-0.25, -0.2) is 0 Å². The van der Waals surface area contributed by atoms with Crippen molar-refractivity contribution in [3.8, 4) is 0 Å². The largest absolute Gasteiger partial charge is 0.389 e. The normalized spacial score (nSPS) is 18.9. The van der Waals surface area contributed by atoms with E-state index in [9.17, 15) is 14.7 Å². The van der Waals surface area contributed by atoms with E-state index in [0.717, 1.165) is 37.5 Å².